The number of thiophene rings is 1. The number of benzene rings is 3. The molecule has 11 nitrogen and oxygen atoms in total. The lowest BCUT2D eigenvalue weighted by molar-refractivity contribution is -0.384. The van der Waals surface area contributed by atoms with Crippen LogP contribution >= 0.6 is 23.1 Å². The smallest absolute Gasteiger partial charge is 0.341 e. The summed E-state index contributed by atoms with van der Waals surface area (Å²) >= 11 is 2.73. The number of fused-ring (bicyclic) bond motifs is 1. The van der Waals surface area contributed by atoms with Crippen molar-refractivity contribution in [2.45, 2.75) is 64.0 Å². The summed E-state index contributed by atoms with van der Waals surface area (Å²) in [6.45, 7) is 10.4. The summed E-state index contributed by atoms with van der Waals surface area (Å²) in [6, 6.07) is 20.9. The van der Waals surface area contributed by atoms with Crippen molar-refractivity contribution in [1.82, 2.24) is 5.32 Å². The Labute approximate surface area is 316 Å². The number of carbonyl (C=O) groups excluding carboxylic acids is 4. The molecule has 13 heteroatoms. The molecule has 0 bridgehead atoms. The van der Waals surface area contributed by atoms with Crippen LogP contribution in [0.3, 0.4) is 0 Å². The molecule has 53 heavy (non-hydrogen) atoms. The van der Waals surface area contributed by atoms with Crippen LogP contribution in [-0.2, 0) is 27.2 Å². The molecular formula is C40H42N4O7S2. The van der Waals surface area contributed by atoms with Gasteiger partial charge in [-0.1, -0.05) is 45.0 Å². The van der Waals surface area contributed by atoms with Crippen LogP contribution < -0.4 is 16.0 Å². The number of non-ortho nitro benzene ring substituents is 1. The number of carbonyl (C=O) groups is 4. The van der Waals surface area contributed by atoms with Crippen LogP contribution in [0.5, 0.6) is 0 Å². The van der Waals surface area contributed by atoms with Crippen molar-refractivity contribution >= 4 is 69.2 Å². The van der Waals surface area contributed by atoms with E-state index in [-0.39, 0.29) is 29.3 Å². The van der Waals surface area contributed by atoms with Gasteiger partial charge in [-0.3, -0.25) is 24.5 Å². The van der Waals surface area contributed by atoms with Gasteiger partial charge in [-0.25, -0.2) is 4.79 Å². The van der Waals surface area contributed by atoms with E-state index < -0.39 is 28.0 Å². The standard InChI is InChI=1S/C40H42N4O7S2/c1-6-51-39(48)34-31-20-17-27(40(3,4)5)22-33(31)53-38(34)43-35(45)24(2)52-30-14-10-13-28(23-30)41-37(47)32(42-36(46)26-11-8-7-9-12-26)21-25-15-18-29(19-16-25)44(49)50/h7-16,18-19,21,23-24,27H,6,17,20,22H2,1-5H3,(H,41,47)(H,42,46)(H,43,45)/b32-21+. The fourth-order valence-electron chi connectivity index (χ4n) is 5.95. The third-order valence-corrected chi connectivity index (χ3v) is 11.2. The van der Waals surface area contributed by atoms with E-state index in [0.29, 0.717) is 38.2 Å². The first-order valence-electron chi connectivity index (χ1n) is 17.3. The highest BCUT2D eigenvalue weighted by Gasteiger charge is 2.35. The Kier molecular flexibility index (Phi) is 12.5. The molecule has 1 aromatic heterocycles. The minimum absolute atomic E-state index is 0.0802. The fourth-order valence-corrected chi connectivity index (χ4v) is 8.20. The summed E-state index contributed by atoms with van der Waals surface area (Å²) < 4.78 is 5.40. The summed E-state index contributed by atoms with van der Waals surface area (Å²) in [4.78, 5) is 65.7. The summed E-state index contributed by atoms with van der Waals surface area (Å²) in [5, 5.41) is 19.5. The van der Waals surface area contributed by atoms with Gasteiger partial charge in [0.05, 0.1) is 22.3 Å². The molecule has 1 aliphatic rings. The van der Waals surface area contributed by atoms with Gasteiger partial charge >= 0.3 is 5.97 Å². The van der Waals surface area contributed by atoms with Crippen molar-refractivity contribution in [2.24, 2.45) is 11.3 Å². The zero-order valence-electron chi connectivity index (χ0n) is 30.2. The normalized spacial score (nSPS) is 14.7. The summed E-state index contributed by atoms with van der Waals surface area (Å²) in [5.41, 5.74) is 2.57. The average molecular weight is 755 g/mol. The Balaban J connectivity index is 1.31. The van der Waals surface area contributed by atoms with E-state index in [2.05, 4.69) is 36.7 Å². The minimum Gasteiger partial charge on any atom is -0.462 e. The Hall–Kier alpha value is -5.27. The second-order valence-corrected chi connectivity index (χ2v) is 16.2. The first kappa shape index (κ1) is 38.9. The van der Waals surface area contributed by atoms with Crippen molar-refractivity contribution in [3.8, 4) is 0 Å². The zero-order chi connectivity index (χ0) is 38.3. The molecule has 0 radical (unpaired) electrons. The van der Waals surface area contributed by atoms with Crippen LogP contribution in [0.2, 0.25) is 0 Å². The molecule has 0 fully saturated rings. The van der Waals surface area contributed by atoms with Crippen molar-refractivity contribution in [1.29, 1.82) is 0 Å². The van der Waals surface area contributed by atoms with Gasteiger partial charge in [0.2, 0.25) is 5.91 Å². The maximum atomic E-state index is 13.6. The fraction of sp³-hybridized carbons (Fsp3) is 0.300. The van der Waals surface area contributed by atoms with Gasteiger partial charge in [0.25, 0.3) is 17.5 Å². The van der Waals surface area contributed by atoms with Crippen LogP contribution in [0, 0.1) is 21.4 Å². The molecule has 1 aliphatic carbocycles. The number of hydrogen-bond donors (Lipinski definition) is 3. The van der Waals surface area contributed by atoms with E-state index in [0.717, 1.165) is 29.7 Å². The number of rotatable bonds is 12. The minimum atomic E-state index is -0.623. The Morgan fingerprint density at radius 3 is 2.40 bits per heavy atom. The number of thioether (sulfide) groups is 1. The number of esters is 1. The molecule has 3 amide bonds. The molecule has 0 aliphatic heterocycles. The van der Waals surface area contributed by atoms with E-state index in [1.54, 1.807) is 62.4 Å². The van der Waals surface area contributed by atoms with Gasteiger partial charge in [-0.05, 0) is 104 Å². The molecule has 0 spiro atoms. The number of nitro groups is 1. The number of anilines is 2. The highest BCUT2D eigenvalue weighted by Crippen LogP contribution is 2.44. The molecule has 5 rings (SSSR count). The van der Waals surface area contributed by atoms with E-state index in [1.807, 2.05) is 6.07 Å². The van der Waals surface area contributed by atoms with Crippen molar-refractivity contribution < 1.29 is 28.8 Å². The molecular weight excluding hydrogens is 713 g/mol. The predicted octanol–water partition coefficient (Wildman–Crippen LogP) is 8.51. The predicted molar refractivity (Wildman–Crippen MR) is 209 cm³/mol. The highest BCUT2D eigenvalue weighted by atomic mass is 32.2. The van der Waals surface area contributed by atoms with Crippen LogP contribution in [-0.4, -0.2) is 40.5 Å². The van der Waals surface area contributed by atoms with Gasteiger partial charge in [0, 0.05) is 33.2 Å². The SMILES string of the molecule is CCOC(=O)c1c(NC(=O)C(C)Sc2cccc(NC(=O)/C(=C\c3ccc([N+](=O)[O-])cc3)NC(=O)c3ccccc3)c2)sc2c1CCC(C(C)(C)C)C2. The molecule has 3 aromatic carbocycles. The second-order valence-electron chi connectivity index (χ2n) is 13.7. The monoisotopic (exact) mass is 754 g/mol. The molecule has 2 unspecified atom stereocenters. The number of nitro benzene ring substituents is 1. The van der Waals surface area contributed by atoms with E-state index in [4.69, 9.17) is 4.74 Å². The van der Waals surface area contributed by atoms with Gasteiger partial charge in [-0.15, -0.1) is 23.1 Å². The van der Waals surface area contributed by atoms with Crippen LogP contribution in [0.1, 0.15) is 77.8 Å². The van der Waals surface area contributed by atoms with Crippen LogP contribution in [0.15, 0.2) is 89.5 Å². The Morgan fingerprint density at radius 1 is 1.02 bits per heavy atom. The quantitative estimate of drug-likeness (QED) is 0.0427. The Bertz CT molecular complexity index is 2040. The van der Waals surface area contributed by atoms with Crippen LogP contribution in [0.25, 0.3) is 6.08 Å². The molecule has 4 aromatic rings. The second kappa shape index (κ2) is 17.0. The number of amides is 3. The lowest BCUT2D eigenvalue weighted by atomic mass is 9.72. The largest absolute Gasteiger partial charge is 0.462 e. The summed E-state index contributed by atoms with van der Waals surface area (Å²) in [5.74, 6) is -1.38. The molecule has 1 heterocycles. The van der Waals surface area contributed by atoms with Gasteiger partial charge < -0.3 is 20.7 Å². The van der Waals surface area contributed by atoms with Crippen molar-refractivity contribution in [3.63, 3.8) is 0 Å². The van der Waals surface area contributed by atoms with Crippen LogP contribution in [0.4, 0.5) is 16.4 Å². The van der Waals surface area contributed by atoms with E-state index in [1.165, 1.54) is 53.4 Å². The van der Waals surface area contributed by atoms with E-state index >= 15 is 0 Å². The number of hydrogen-bond acceptors (Lipinski definition) is 9. The average Bonchev–Trinajstić information content (AvgIpc) is 3.49. The lowest BCUT2D eigenvalue weighted by Gasteiger charge is -2.33. The van der Waals surface area contributed by atoms with Crippen molar-refractivity contribution in [3.05, 3.63) is 122 Å². The molecule has 0 saturated heterocycles. The number of nitrogens with one attached hydrogen (secondary N) is 3. The number of ether oxygens (including phenoxy) is 1. The van der Waals surface area contributed by atoms with E-state index in [9.17, 15) is 29.3 Å². The third-order valence-electron chi connectivity index (χ3n) is 8.92. The maximum Gasteiger partial charge on any atom is 0.341 e. The Morgan fingerprint density at radius 2 is 1.74 bits per heavy atom. The van der Waals surface area contributed by atoms with Gasteiger partial charge in [0.15, 0.2) is 0 Å². The van der Waals surface area contributed by atoms with Gasteiger partial charge in [0.1, 0.15) is 10.7 Å². The van der Waals surface area contributed by atoms with Gasteiger partial charge in [-0.2, -0.15) is 0 Å². The molecule has 276 valence electrons. The summed E-state index contributed by atoms with van der Waals surface area (Å²) in [6.07, 6.45) is 3.98. The third kappa shape index (κ3) is 9.99. The topological polar surface area (TPSA) is 157 Å². The maximum absolute atomic E-state index is 13.6. The molecule has 2 atom stereocenters. The first-order valence-corrected chi connectivity index (χ1v) is 19.0. The molecule has 3 N–H and O–H groups in total. The first-order chi connectivity index (χ1) is 25.2. The molecule has 0 saturated carbocycles. The lowest BCUT2D eigenvalue weighted by Crippen LogP contribution is -2.30. The zero-order valence-corrected chi connectivity index (χ0v) is 31.8. The van der Waals surface area contributed by atoms with Crippen molar-refractivity contribution in [2.75, 3.05) is 17.2 Å². The summed E-state index contributed by atoms with van der Waals surface area (Å²) in [7, 11) is 0. The number of nitrogens with zero attached hydrogens (tertiary/aromatic N) is 1. The highest BCUT2D eigenvalue weighted by molar-refractivity contribution is 8.00.